The van der Waals surface area contributed by atoms with Gasteiger partial charge in [-0.15, -0.1) is 0 Å². The van der Waals surface area contributed by atoms with Crippen molar-refractivity contribution in [3.05, 3.63) is 53.8 Å². The lowest BCUT2D eigenvalue weighted by atomic mass is 9.92. The molecule has 0 aromatic heterocycles. The summed E-state index contributed by atoms with van der Waals surface area (Å²) in [6.45, 7) is 4.26. The maximum atomic E-state index is 9.33. The quantitative estimate of drug-likeness (QED) is 0.899. The summed E-state index contributed by atoms with van der Waals surface area (Å²) >= 11 is 0. The van der Waals surface area contributed by atoms with Crippen LogP contribution >= 0.6 is 0 Å². The third kappa shape index (κ3) is 3.88. The van der Waals surface area contributed by atoms with Gasteiger partial charge in [0.1, 0.15) is 18.1 Å². The van der Waals surface area contributed by atoms with Crippen LogP contribution in [0.15, 0.2) is 48.3 Å². The predicted octanol–water partition coefficient (Wildman–Crippen LogP) is 3.43. The smallest absolute Gasteiger partial charge is 0.115 e. The topological polar surface area (TPSA) is 32.7 Å². The van der Waals surface area contributed by atoms with Crippen LogP contribution in [0.3, 0.4) is 0 Å². The first-order chi connectivity index (χ1) is 10.3. The van der Waals surface area contributed by atoms with Crippen LogP contribution in [-0.2, 0) is 4.74 Å². The summed E-state index contributed by atoms with van der Waals surface area (Å²) in [5, 5.41) is 9.33. The van der Waals surface area contributed by atoms with E-state index in [1.807, 2.05) is 12.1 Å². The Kier molecular flexibility index (Phi) is 4.61. The van der Waals surface area contributed by atoms with Crippen LogP contribution in [0, 0.1) is 0 Å². The number of aromatic hydroxyl groups is 1. The van der Waals surface area contributed by atoms with Gasteiger partial charge in [0.05, 0.1) is 0 Å². The molecule has 1 saturated heterocycles. The first-order valence-electron chi connectivity index (χ1n) is 7.84. The molecule has 1 aromatic carbocycles. The molecule has 1 unspecified atom stereocenters. The molecule has 0 saturated carbocycles. The van der Waals surface area contributed by atoms with Crippen molar-refractivity contribution in [1.29, 1.82) is 0 Å². The third-order valence-electron chi connectivity index (χ3n) is 4.26. The minimum Gasteiger partial charge on any atom is -0.508 e. The van der Waals surface area contributed by atoms with Crippen LogP contribution in [0.25, 0.3) is 0 Å². The molecule has 0 amide bonds. The van der Waals surface area contributed by atoms with Gasteiger partial charge in [-0.1, -0.05) is 18.2 Å². The third-order valence-corrected chi connectivity index (χ3v) is 4.26. The summed E-state index contributed by atoms with van der Waals surface area (Å²) in [5.74, 6) is 1.70. The zero-order valence-electron chi connectivity index (χ0n) is 12.4. The van der Waals surface area contributed by atoms with E-state index >= 15 is 0 Å². The van der Waals surface area contributed by atoms with Gasteiger partial charge in [0, 0.05) is 12.5 Å². The minimum absolute atomic E-state index is 0.319. The summed E-state index contributed by atoms with van der Waals surface area (Å²) in [7, 11) is 0. The Morgan fingerprint density at radius 3 is 2.57 bits per heavy atom. The van der Waals surface area contributed by atoms with Crippen LogP contribution in [-0.4, -0.2) is 36.2 Å². The molecule has 1 aliphatic carbocycles. The van der Waals surface area contributed by atoms with E-state index in [1.54, 1.807) is 12.1 Å². The van der Waals surface area contributed by atoms with Crippen LogP contribution in [0.2, 0.25) is 0 Å². The second kappa shape index (κ2) is 6.81. The first-order valence-corrected chi connectivity index (χ1v) is 7.84. The second-order valence-corrected chi connectivity index (χ2v) is 5.80. The lowest BCUT2D eigenvalue weighted by molar-refractivity contribution is 0.178. The summed E-state index contributed by atoms with van der Waals surface area (Å²) in [4.78, 5) is 2.46. The molecule has 0 radical (unpaired) electrons. The van der Waals surface area contributed by atoms with Crippen molar-refractivity contribution in [3.8, 4) is 5.75 Å². The molecule has 3 heteroatoms. The predicted molar refractivity (Wildman–Crippen MR) is 84.3 cm³/mol. The van der Waals surface area contributed by atoms with Gasteiger partial charge in [0.15, 0.2) is 0 Å². The zero-order chi connectivity index (χ0) is 14.5. The highest BCUT2D eigenvalue weighted by Crippen LogP contribution is 2.28. The standard InChI is InChI=1S/C18H23NO2/c20-17-7-3-15(4-8-17)16-5-9-18(10-6-16)21-14-13-19-11-1-2-12-19/h3-5,7-10,16,20H,1-2,6,11-14H2. The van der Waals surface area contributed by atoms with Crippen molar-refractivity contribution in [3.63, 3.8) is 0 Å². The van der Waals surface area contributed by atoms with Gasteiger partial charge in [-0.2, -0.15) is 0 Å². The van der Waals surface area contributed by atoms with Crippen LogP contribution in [0.5, 0.6) is 5.75 Å². The molecule has 2 aliphatic rings. The van der Waals surface area contributed by atoms with Gasteiger partial charge in [-0.3, -0.25) is 4.90 Å². The maximum Gasteiger partial charge on any atom is 0.115 e. The van der Waals surface area contributed by atoms with E-state index in [-0.39, 0.29) is 0 Å². The molecule has 0 bridgehead atoms. The van der Waals surface area contributed by atoms with E-state index < -0.39 is 0 Å². The normalized spacial score (nSPS) is 22.3. The van der Waals surface area contributed by atoms with Gasteiger partial charge >= 0.3 is 0 Å². The number of allylic oxidation sites excluding steroid dienone is 3. The molecule has 1 heterocycles. The van der Waals surface area contributed by atoms with Gasteiger partial charge in [-0.25, -0.2) is 0 Å². The fraction of sp³-hybridized carbons (Fsp3) is 0.444. The summed E-state index contributed by atoms with van der Waals surface area (Å²) in [5.41, 5.74) is 1.23. The van der Waals surface area contributed by atoms with Crippen molar-refractivity contribution < 1.29 is 9.84 Å². The van der Waals surface area contributed by atoms with Crippen LogP contribution in [0.1, 0.15) is 30.7 Å². The number of phenols is 1. The van der Waals surface area contributed by atoms with Gasteiger partial charge in [0.2, 0.25) is 0 Å². The van der Waals surface area contributed by atoms with E-state index in [0.29, 0.717) is 11.7 Å². The van der Waals surface area contributed by atoms with Crippen LogP contribution in [0.4, 0.5) is 0 Å². The molecule has 1 aliphatic heterocycles. The molecule has 1 aromatic rings. The van der Waals surface area contributed by atoms with Gasteiger partial charge < -0.3 is 9.84 Å². The monoisotopic (exact) mass is 285 g/mol. The molecule has 112 valence electrons. The molecular weight excluding hydrogens is 262 g/mol. The average Bonchev–Trinajstić information content (AvgIpc) is 3.02. The number of hydrogen-bond donors (Lipinski definition) is 1. The average molecular weight is 285 g/mol. The Morgan fingerprint density at radius 2 is 1.90 bits per heavy atom. The number of rotatable bonds is 5. The fourth-order valence-electron chi connectivity index (χ4n) is 2.98. The first kappa shape index (κ1) is 14.2. The summed E-state index contributed by atoms with van der Waals surface area (Å²) in [6, 6.07) is 7.46. The van der Waals surface area contributed by atoms with Crippen molar-refractivity contribution in [2.45, 2.75) is 25.2 Å². The Labute approximate surface area is 126 Å². The van der Waals surface area contributed by atoms with Crippen molar-refractivity contribution in [1.82, 2.24) is 4.90 Å². The summed E-state index contributed by atoms with van der Waals surface area (Å²) < 4.78 is 5.84. The Balaban J connectivity index is 1.45. The molecular formula is C18H23NO2. The highest BCUT2D eigenvalue weighted by molar-refractivity contribution is 5.34. The molecule has 0 spiro atoms. The zero-order valence-corrected chi connectivity index (χ0v) is 12.4. The highest BCUT2D eigenvalue weighted by Gasteiger charge is 2.13. The molecule has 1 atom stereocenters. The van der Waals surface area contributed by atoms with Crippen molar-refractivity contribution in [2.24, 2.45) is 0 Å². The van der Waals surface area contributed by atoms with Crippen LogP contribution < -0.4 is 0 Å². The molecule has 1 fully saturated rings. The molecule has 1 N–H and O–H groups in total. The minimum atomic E-state index is 0.319. The van der Waals surface area contributed by atoms with E-state index in [4.69, 9.17) is 4.74 Å². The lowest BCUT2D eigenvalue weighted by Crippen LogP contribution is -2.23. The Hall–Kier alpha value is -1.74. The van der Waals surface area contributed by atoms with Gasteiger partial charge in [-0.05, 0) is 62.2 Å². The number of nitrogens with zero attached hydrogens (tertiary/aromatic N) is 1. The molecule has 21 heavy (non-hydrogen) atoms. The summed E-state index contributed by atoms with van der Waals surface area (Å²) in [6.07, 6.45) is 10.1. The second-order valence-electron chi connectivity index (χ2n) is 5.80. The number of benzene rings is 1. The van der Waals surface area contributed by atoms with E-state index in [2.05, 4.69) is 23.1 Å². The molecule has 3 nitrogen and oxygen atoms in total. The van der Waals surface area contributed by atoms with Crippen molar-refractivity contribution >= 4 is 0 Å². The number of ether oxygens (including phenoxy) is 1. The Bertz CT molecular complexity index is 513. The van der Waals surface area contributed by atoms with E-state index in [0.717, 1.165) is 25.3 Å². The van der Waals surface area contributed by atoms with E-state index in [9.17, 15) is 5.11 Å². The lowest BCUT2D eigenvalue weighted by Gasteiger charge is -2.19. The number of likely N-dealkylation sites (tertiary alicyclic amines) is 1. The maximum absolute atomic E-state index is 9.33. The molecule has 3 rings (SSSR count). The number of hydrogen-bond acceptors (Lipinski definition) is 3. The number of phenolic OH excluding ortho intramolecular Hbond substituents is 1. The SMILES string of the molecule is Oc1ccc(C2C=CC(OCCN3CCCC3)=CC2)cc1. The Morgan fingerprint density at radius 1 is 1.14 bits per heavy atom. The van der Waals surface area contributed by atoms with Crippen molar-refractivity contribution in [2.75, 3.05) is 26.2 Å². The highest BCUT2D eigenvalue weighted by atomic mass is 16.5. The largest absolute Gasteiger partial charge is 0.508 e. The van der Waals surface area contributed by atoms with Gasteiger partial charge in [0.25, 0.3) is 0 Å². The fourth-order valence-corrected chi connectivity index (χ4v) is 2.98. The van der Waals surface area contributed by atoms with E-state index in [1.165, 1.54) is 31.5 Å².